The van der Waals surface area contributed by atoms with Crippen LogP contribution in [0.5, 0.6) is 0 Å². The molecular weight excluding hydrogens is 415 g/mol. The zero-order valence-corrected chi connectivity index (χ0v) is 16.3. The van der Waals surface area contributed by atoms with Gasteiger partial charge in [0.05, 0.1) is 18.7 Å². The van der Waals surface area contributed by atoms with Crippen LogP contribution in [0.1, 0.15) is 30.0 Å². The van der Waals surface area contributed by atoms with Crippen LogP contribution in [0.4, 0.5) is 0 Å². The van der Waals surface area contributed by atoms with Crippen LogP contribution in [0.2, 0.25) is 0 Å². The monoisotopic (exact) mass is 436 g/mol. The summed E-state index contributed by atoms with van der Waals surface area (Å²) in [4.78, 5) is 12.0. The Balaban J connectivity index is 0.00000208. The van der Waals surface area contributed by atoms with Gasteiger partial charge in [-0.1, -0.05) is 18.2 Å². The Hall–Kier alpha value is -1.89. The van der Waals surface area contributed by atoms with E-state index in [-0.39, 0.29) is 29.9 Å². The van der Waals surface area contributed by atoms with E-state index >= 15 is 0 Å². The molecule has 0 spiro atoms. The minimum atomic E-state index is -0.276. The van der Waals surface area contributed by atoms with Gasteiger partial charge >= 0.3 is 5.97 Å². The molecule has 0 saturated carbocycles. The van der Waals surface area contributed by atoms with Crippen molar-refractivity contribution in [1.29, 1.82) is 0 Å². The number of hydrogen-bond donors (Lipinski definition) is 0. The highest BCUT2D eigenvalue weighted by Gasteiger charge is 2.23. The standard InChI is InChI=1S/C19H21N2O2.HI/c1-4-20-14(3)21(16-9-7-6-8-10-16)17-12-11-15(13-18(17)20)19(22)23-5-2;/h6-13H,4-5H2,1-3H3;1H/q+1;/p-1. The fraction of sp³-hybridized carbons (Fsp3) is 0.263. The van der Waals surface area contributed by atoms with Crippen LogP contribution >= 0.6 is 0 Å². The SMILES string of the molecule is CCOC(=O)c1ccc2c(c1)[n+](CC)c(C)n2-c1ccccc1.[I-]. The molecule has 3 rings (SSSR count). The highest BCUT2D eigenvalue weighted by Crippen LogP contribution is 2.21. The van der Waals surface area contributed by atoms with Gasteiger partial charge in [0.15, 0.2) is 11.0 Å². The number of imidazole rings is 1. The van der Waals surface area contributed by atoms with Crippen LogP contribution < -0.4 is 28.5 Å². The van der Waals surface area contributed by atoms with E-state index in [4.69, 9.17) is 4.74 Å². The van der Waals surface area contributed by atoms with Gasteiger partial charge in [-0.15, -0.1) is 0 Å². The number of ether oxygens (including phenoxy) is 1. The summed E-state index contributed by atoms with van der Waals surface area (Å²) in [5, 5.41) is 0. The fourth-order valence-corrected chi connectivity index (χ4v) is 3.04. The summed E-state index contributed by atoms with van der Waals surface area (Å²) >= 11 is 0. The van der Waals surface area contributed by atoms with Gasteiger partial charge in [0.1, 0.15) is 5.69 Å². The summed E-state index contributed by atoms with van der Waals surface area (Å²) in [5.41, 5.74) is 3.83. The molecule has 4 nitrogen and oxygen atoms in total. The highest BCUT2D eigenvalue weighted by molar-refractivity contribution is 5.93. The molecule has 0 fully saturated rings. The molecule has 0 aliphatic heterocycles. The minimum absolute atomic E-state index is 0. The lowest BCUT2D eigenvalue weighted by Gasteiger charge is -2.01. The number of esters is 1. The maximum Gasteiger partial charge on any atom is 0.338 e. The van der Waals surface area contributed by atoms with Crippen molar-refractivity contribution < 1.29 is 38.1 Å². The van der Waals surface area contributed by atoms with Crippen LogP contribution in [-0.4, -0.2) is 17.1 Å². The molecule has 0 aliphatic rings. The number of halogens is 1. The van der Waals surface area contributed by atoms with E-state index in [0.717, 1.165) is 29.1 Å². The van der Waals surface area contributed by atoms with Gasteiger partial charge in [-0.2, -0.15) is 4.57 Å². The van der Waals surface area contributed by atoms with E-state index < -0.39 is 0 Å². The zero-order chi connectivity index (χ0) is 16.4. The summed E-state index contributed by atoms with van der Waals surface area (Å²) < 4.78 is 9.55. The first-order chi connectivity index (χ1) is 11.2. The number of carbonyl (C=O) groups excluding carboxylic acids is 1. The van der Waals surface area contributed by atoms with E-state index in [9.17, 15) is 4.79 Å². The molecule has 0 amide bonds. The van der Waals surface area contributed by atoms with Gasteiger partial charge in [-0.25, -0.2) is 9.36 Å². The van der Waals surface area contributed by atoms with Gasteiger partial charge in [0.2, 0.25) is 0 Å². The average Bonchev–Trinajstić information content (AvgIpc) is 2.86. The largest absolute Gasteiger partial charge is 1.00 e. The van der Waals surface area contributed by atoms with Gasteiger partial charge in [-0.05, 0) is 38.1 Å². The second kappa shape index (κ2) is 7.79. The van der Waals surface area contributed by atoms with Crippen molar-refractivity contribution >= 4 is 17.0 Å². The van der Waals surface area contributed by atoms with Crippen LogP contribution in [0, 0.1) is 6.92 Å². The highest BCUT2D eigenvalue weighted by atomic mass is 127. The molecule has 0 bridgehead atoms. The molecule has 0 unspecified atom stereocenters. The summed E-state index contributed by atoms with van der Waals surface area (Å²) in [6.45, 7) is 7.25. The zero-order valence-electron chi connectivity index (χ0n) is 14.1. The number of aryl methyl sites for hydroxylation is 1. The predicted molar refractivity (Wildman–Crippen MR) is 89.8 cm³/mol. The molecular formula is C19H21IN2O2. The van der Waals surface area contributed by atoms with E-state index in [2.05, 4.69) is 35.1 Å². The van der Waals surface area contributed by atoms with Crippen LogP contribution in [0.3, 0.4) is 0 Å². The first-order valence-electron chi connectivity index (χ1n) is 7.94. The smallest absolute Gasteiger partial charge is 0.338 e. The Kier molecular flexibility index (Phi) is 5.99. The van der Waals surface area contributed by atoms with E-state index in [0.29, 0.717) is 12.2 Å². The van der Waals surface area contributed by atoms with E-state index in [1.54, 1.807) is 0 Å². The molecule has 3 aromatic rings. The molecule has 24 heavy (non-hydrogen) atoms. The molecule has 0 aliphatic carbocycles. The van der Waals surface area contributed by atoms with E-state index in [1.807, 2.05) is 43.3 Å². The lowest BCUT2D eigenvalue weighted by atomic mass is 10.2. The molecule has 0 N–H and O–H groups in total. The Labute approximate surface area is 159 Å². The normalized spacial score (nSPS) is 10.5. The Morgan fingerprint density at radius 1 is 1.12 bits per heavy atom. The molecule has 2 aromatic carbocycles. The second-order valence-corrected chi connectivity index (χ2v) is 5.39. The third kappa shape index (κ3) is 3.17. The number of nitrogens with zero attached hydrogens (tertiary/aromatic N) is 2. The molecule has 1 aromatic heterocycles. The molecule has 126 valence electrons. The van der Waals surface area contributed by atoms with Crippen molar-refractivity contribution in [2.75, 3.05) is 6.61 Å². The van der Waals surface area contributed by atoms with Crippen molar-refractivity contribution in [2.45, 2.75) is 27.3 Å². The third-order valence-corrected chi connectivity index (χ3v) is 4.06. The molecule has 5 heteroatoms. The summed E-state index contributed by atoms with van der Waals surface area (Å²) in [5.74, 6) is 0.858. The van der Waals surface area contributed by atoms with Crippen LogP contribution in [0.15, 0.2) is 48.5 Å². The lowest BCUT2D eigenvalue weighted by molar-refractivity contribution is -0.674. The third-order valence-electron chi connectivity index (χ3n) is 4.06. The number of para-hydroxylation sites is 1. The molecule has 0 radical (unpaired) electrons. The number of carbonyl (C=O) groups is 1. The quantitative estimate of drug-likeness (QED) is 0.338. The van der Waals surface area contributed by atoms with Crippen molar-refractivity contribution in [1.82, 2.24) is 4.57 Å². The first-order valence-corrected chi connectivity index (χ1v) is 7.94. The topological polar surface area (TPSA) is 35.1 Å². The van der Waals surface area contributed by atoms with Gasteiger partial charge in [0, 0.05) is 13.0 Å². The summed E-state index contributed by atoms with van der Waals surface area (Å²) in [6, 6.07) is 16.0. The number of hydrogen-bond acceptors (Lipinski definition) is 2. The van der Waals surface area contributed by atoms with Crippen molar-refractivity contribution in [3.8, 4) is 5.69 Å². The van der Waals surface area contributed by atoms with Gasteiger partial charge in [-0.3, -0.25) is 0 Å². The Morgan fingerprint density at radius 2 is 1.83 bits per heavy atom. The Morgan fingerprint density at radius 3 is 2.46 bits per heavy atom. The first kappa shape index (κ1) is 18.4. The lowest BCUT2D eigenvalue weighted by Crippen LogP contribution is -3.00. The fourth-order valence-electron chi connectivity index (χ4n) is 3.04. The number of rotatable bonds is 4. The summed E-state index contributed by atoms with van der Waals surface area (Å²) in [7, 11) is 0. The van der Waals surface area contributed by atoms with Gasteiger partial charge < -0.3 is 28.7 Å². The minimum Gasteiger partial charge on any atom is -1.00 e. The van der Waals surface area contributed by atoms with Crippen molar-refractivity contribution in [3.05, 3.63) is 59.9 Å². The van der Waals surface area contributed by atoms with E-state index in [1.165, 1.54) is 0 Å². The Bertz CT molecular complexity index is 857. The number of fused-ring (bicyclic) bond motifs is 1. The molecule has 0 atom stereocenters. The van der Waals surface area contributed by atoms with Crippen molar-refractivity contribution in [3.63, 3.8) is 0 Å². The number of aromatic nitrogens is 2. The van der Waals surface area contributed by atoms with Crippen LogP contribution in [0.25, 0.3) is 16.7 Å². The molecule has 0 saturated heterocycles. The van der Waals surface area contributed by atoms with Crippen LogP contribution in [-0.2, 0) is 11.3 Å². The summed E-state index contributed by atoms with van der Waals surface area (Å²) in [6.07, 6.45) is 0. The number of benzene rings is 2. The predicted octanol–water partition coefficient (Wildman–Crippen LogP) is 0.427. The molecule has 1 heterocycles. The van der Waals surface area contributed by atoms with Crippen molar-refractivity contribution in [2.24, 2.45) is 0 Å². The average molecular weight is 436 g/mol. The second-order valence-electron chi connectivity index (χ2n) is 5.39. The maximum atomic E-state index is 12.0. The van der Waals surface area contributed by atoms with Gasteiger partial charge in [0.25, 0.3) is 5.82 Å². The maximum absolute atomic E-state index is 12.0.